The molecule has 3 heterocycles. The van der Waals surface area contributed by atoms with Gasteiger partial charge in [-0.3, -0.25) is 4.79 Å². The van der Waals surface area contributed by atoms with Crippen LogP contribution in [0.3, 0.4) is 0 Å². The van der Waals surface area contributed by atoms with Crippen LogP contribution in [0.1, 0.15) is 20.3 Å². The molecule has 1 saturated heterocycles. The van der Waals surface area contributed by atoms with Gasteiger partial charge in [0.15, 0.2) is 5.82 Å². The summed E-state index contributed by atoms with van der Waals surface area (Å²) in [5, 5.41) is 6.64. The van der Waals surface area contributed by atoms with Crippen LogP contribution in [0.25, 0.3) is 5.65 Å². The maximum Gasteiger partial charge on any atom is 0.350 e. The minimum atomic E-state index is -0.898. The summed E-state index contributed by atoms with van der Waals surface area (Å²) in [6, 6.07) is 2.83. The Kier molecular flexibility index (Phi) is 5.23. The van der Waals surface area contributed by atoms with E-state index in [0.717, 1.165) is 36.3 Å². The lowest BCUT2D eigenvalue weighted by atomic mass is 9.92. The molecule has 3 aromatic rings. The number of nitrogens with zero attached hydrogens (tertiary/aromatic N) is 5. The molecule has 2 atom stereocenters. The standard InChI is InChI=1S/C20H22F2N6O2/c1-12-7-13(2)10-26(9-12)18-19-25-28(20(30)27(19)6-5-23-18)11-17(29)24-16-4-3-14(21)8-15(16)22/h3-6,8,12-13H,7,9-11H2,1-2H3,(H,24,29)/t12-,13-/m0/s1. The second-order valence-corrected chi connectivity index (χ2v) is 7.91. The Morgan fingerprint density at radius 1 is 1.23 bits per heavy atom. The molecule has 1 aromatic carbocycles. The average molecular weight is 416 g/mol. The fourth-order valence-corrected chi connectivity index (χ4v) is 4.01. The number of carbonyl (C=O) groups excluding carboxylic acids is 1. The predicted molar refractivity (Wildman–Crippen MR) is 107 cm³/mol. The topological polar surface area (TPSA) is 84.5 Å². The highest BCUT2D eigenvalue weighted by Gasteiger charge is 2.26. The SMILES string of the molecule is C[C@H]1C[C@H](C)CN(c2nccn3c(=O)n(CC(=O)Nc4ccc(F)cc4F)nc23)C1. The number of carbonyl (C=O) groups is 1. The van der Waals surface area contributed by atoms with E-state index in [1.165, 1.54) is 16.8 Å². The molecule has 158 valence electrons. The van der Waals surface area contributed by atoms with Crippen LogP contribution in [-0.2, 0) is 11.3 Å². The highest BCUT2D eigenvalue weighted by Crippen LogP contribution is 2.26. The van der Waals surface area contributed by atoms with Gasteiger partial charge in [0, 0.05) is 31.5 Å². The van der Waals surface area contributed by atoms with Gasteiger partial charge in [0.2, 0.25) is 11.6 Å². The second-order valence-electron chi connectivity index (χ2n) is 7.91. The first-order valence-electron chi connectivity index (χ1n) is 9.76. The normalized spacial score (nSPS) is 19.3. The summed E-state index contributed by atoms with van der Waals surface area (Å²) in [6.07, 6.45) is 4.16. The number of nitrogens with one attached hydrogen (secondary N) is 1. The molecular weight excluding hydrogens is 394 g/mol. The zero-order valence-corrected chi connectivity index (χ0v) is 16.7. The van der Waals surface area contributed by atoms with Crippen LogP contribution in [0.5, 0.6) is 0 Å². The molecule has 30 heavy (non-hydrogen) atoms. The molecule has 0 aliphatic carbocycles. The van der Waals surface area contributed by atoms with Gasteiger partial charge in [-0.05, 0) is 30.4 Å². The molecular formula is C20H22F2N6O2. The molecule has 1 amide bonds. The lowest BCUT2D eigenvalue weighted by Crippen LogP contribution is -2.39. The molecule has 0 bridgehead atoms. The number of halogens is 2. The van der Waals surface area contributed by atoms with Crippen molar-refractivity contribution < 1.29 is 13.6 Å². The molecule has 0 radical (unpaired) electrons. The molecule has 1 fully saturated rings. The second kappa shape index (κ2) is 7.85. The molecule has 4 rings (SSSR count). The van der Waals surface area contributed by atoms with Crippen LogP contribution in [-0.4, -0.2) is 38.2 Å². The number of rotatable bonds is 4. The van der Waals surface area contributed by atoms with Gasteiger partial charge in [0.1, 0.15) is 18.2 Å². The summed E-state index contributed by atoms with van der Waals surface area (Å²) in [5.74, 6) is -0.728. The molecule has 1 aliphatic rings. The Bertz CT molecular complexity index is 1150. The predicted octanol–water partition coefficient (Wildman–Crippen LogP) is 2.29. The average Bonchev–Trinajstić information content (AvgIpc) is 2.99. The number of hydrogen-bond acceptors (Lipinski definition) is 5. The van der Waals surface area contributed by atoms with Crippen LogP contribution in [0.2, 0.25) is 0 Å². The Balaban J connectivity index is 1.60. The molecule has 0 unspecified atom stereocenters. The Labute approximate surface area is 171 Å². The number of anilines is 2. The van der Waals surface area contributed by atoms with Crippen LogP contribution in [0, 0.1) is 23.5 Å². The van der Waals surface area contributed by atoms with Gasteiger partial charge in [-0.25, -0.2) is 27.6 Å². The molecule has 10 heteroatoms. The summed E-state index contributed by atoms with van der Waals surface area (Å²) in [7, 11) is 0. The van der Waals surface area contributed by atoms with Crippen molar-refractivity contribution in [3.05, 3.63) is 52.7 Å². The van der Waals surface area contributed by atoms with Gasteiger partial charge >= 0.3 is 5.69 Å². The Hall–Kier alpha value is -3.30. The largest absolute Gasteiger partial charge is 0.353 e. The van der Waals surface area contributed by atoms with E-state index < -0.39 is 29.8 Å². The molecule has 1 N–H and O–H groups in total. The van der Waals surface area contributed by atoms with E-state index in [0.29, 0.717) is 29.4 Å². The van der Waals surface area contributed by atoms with Gasteiger partial charge in [-0.15, -0.1) is 5.10 Å². The number of fused-ring (bicyclic) bond motifs is 1. The first kappa shape index (κ1) is 20.0. The fraction of sp³-hybridized carbons (Fsp3) is 0.400. The third-order valence-electron chi connectivity index (χ3n) is 5.15. The first-order chi connectivity index (χ1) is 14.3. The lowest BCUT2D eigenvalue weighted by Gasteiger charge is -2.35. The number of hydrogen-bond donors (Lipinski definition) is 1. The van der Waals surface area contributed by atoms with E-state index in [1.54, 1.807) is 0 Å². The van der Waals surface area contributed by atoms with Gasteiger partial charge in [0.25, 0.3) is 0 Å². The Morgan fingerprint density at radius 2 is 1.97 bits per heavy atom. The van der Waals surface area contributed by atoms with E-state index in [-0.39, 0.29) is 5.69 Å². The summed E-state index contributed by atoms with van der Waals surface area (Å²) in [6.45, 7) is 5.55. The first-order valence-corrected chi connectivity index (χ1v) is 9.76. The van der Waals surface area contributed by atoms with Crippen LogP contribution in [0.4, 0.5) is 20.3 Å². The fourth-order valence-electron chi connectivity index (χ4n) is 4.01. The van der Waals surface area contributed by atoms with E-state index in [9.17, 15) is 18.4 Å². The van der Waals surface area contributed by atoms with Crippen molar-refractivity contribution in [1.82, 2.24) is 19.2 Å². The monoisotopic (exact) mass is 416 g/mol. The lowest BCUT2D eigenvalue weighted by molar-refractivity contribution is -0.117. The van der Waals surface area contributed by atoms with Crippen LogP contribution >= 0.6 is 0 Å². The van der Waals surface area contributed by atoms with Gasteiger partial charge in [0.05, 0.1) is 5.69 Å². The van der Waals surface area contributed by atoms with E-state index in [1.807, 2.05) is 0 Å². The molecule has 8 nitrogen and oxygen atoms in total. The summed E-state index contributed by atoms with van der Waals surface area (Å²) >= 11 is 0. The zero-order valence-electron chi connectivity index (χ0n) is 16.7. The van der Waals surface area contributed by atoms with E-state index >= 15 is 0 Å². The molecule has 1 aliphatic heterocycles. The van der Waals surface area contributed by atoms with E-state index in [4.69, 9.17) is 0 Å². The smallest absolute Gasteiger partial charge is 0.350 e. The number of piperidine rings is 1. The minimum Gasteiger partial charge on any atom is -0.353 e. The van der Waals surface area contributed by atoms with Crippen molar-refractivity contribution in [3.63, 3.8) is 0 Å². The van der Waals surface area contributed by atoms with Crippen molar-refractivity contribution in [2.45, 2.75) is 26.8 Å². The van der Waals surface area contributed by atoms with Crippen LogP contribution in [0.15, 0.2) is 35.4 Å². The maximum absolute atomic E-state index is 13.8. The van der Waals surface area contributed by atoms with Gasteiger partial charge in [-0.1, -0.05) is 13.8 Å². The Morgan fingerprint density at radius 3 is 2.67 bits per heavy atom. The van der Waals surface area contributed by atoms with Gasteiger partial charge in [-0.2, -0.15) is 0 Å². The van der Waals surface area contributed by atoms with Gasteiger partial charge < -0.3 is 10.2 Å². The van der Waals surface area contributed by atoms with Crippen molar-refractivity contribution in [3.8, 4) is 0 Å². The molecule has 0 spiro atoms. The quantitative estimate of drug-likeness (QED) is 0.706. The number of aromatic nitrogens is 4. The third-order valence-corrected chi connectivity index (χ3v) is 5.15. The highest BCUT2D eigenvalue weighted by molar-refractivity contribution is 5.90. The van der Waals surface area contributed by atoms with Crippen molar-refractivity contribution >= 4 is 23.1 Å². The summed E-state index contributed by atoms with van der Waals surface area (Å²) in [4.78, 5) is 31.6. The maximum atomic E-state index is 13.8. The van der Waals surface area contributed by atoms with Crippen molar-refractivity contribution in [2.24, 2.45) is 11.8 Å². The number of benzene rings is 1. The van der Waals surface area contributed by atoms with Crippen LogP contribution < -0.4 is 15.9 Å². The van der Waals surface area contributed by atoms with Crippen molar-refractivity contribution in [2.75, 3.05) is 23.3 Å². The highest BCUT2D eigenvalue weighted by atomic mass is 19.1. The minimum absolute atomic E-state index is 0.170. The molecule has 2 aromatic heterocycles. The summed E-state index contributed by atoms with van der Waals surface area (Å²) < 4.78 is 29.1. The third kappa shape index (κ3) is 3.89. The summed E-state index contributed by atoms with van der Waals surface area (Å²) in [5.41, 5.74) is -0.303. The number of amides is 1. The van der Waals surface area contributed by atoms with E-state index in [2.05, 4.69) is 34.1 Å². The zero-order chi connectivity index (χ0) is 21.4. The van der Waals surface area contributed by atoms with Crippen molar-refractivity contribution in [1.29, 1.82) is 0 Å². The molecule has 0 saturated carbocycles.